The van der Waals surface area contributed by atoms with Crippen molar-refractivity contribution in [1.29, 1.82) is 0 Å². The molecule has 2 fully saturated rings. The molecule has 1 aromatic carbocycles. The molecule has 0 spiro atoms. The number of anilines is 4. The monoisotopic (exact) mass is 356 g/mol. The summed E-state index contributed by atoms with van der Waals surface area (Å²) in [5.74, 6) is 1.33. The van der Waals surface area contributed by atoms with Gasteiger partial charge < -0.3 is 20.9 Å². The van der Waals surface area contributed by atoms with Crippen LogP contribution >= 0.6 is 0 Å². The van der Waals surface area contributed by atoms with Gasteiger partial charge in [-0.3, -0.25) is 0 Å². The summed E-state index contributed by atoms with van der Waals surface area (Å²) in [5, 5.41) is 3.47. The van der Waals surface area contributed by atoms with Crippen molar-refractivity contribution in [2.45, 2.75) is 31.7 Å². The summed E-state index contributed by atoms with van der Waals surface area (Å²) < 4.78 is 14.0. The zero-order valence-electron chi connectivity index (χ0n) is 14.9. The van der Waals surface area contributed by atoms with Gasteiger partial charge in [0.15, 0.2) is 11.6 Å². The number of hydrogen-bond acceptors (Lipinski definition) is 6. The van der Waals surface area contributed by atoms with E-state index in [-0.39, 0.29) is 5.82 Å². The SMILES string of the molecule is Nc1c(NC2CCCC2)ncnc1N1CCN(c2ccccc2F)CC1. The number of nitrogen functional groups attached to an aromatic ring is 1. The number of halogens is 1. The molecule has 0 bridgehead atoms. The molecule has 1 saturated carbocycles. The normalized spacial score (nSPS) is 18.3. The van der Waals surface area contributed by atoms with E-state index in [0.29, 0.717) is 17.4 Å². The van der Waals surface area contributed by atoms with E-state index < -0.39 is 0 Å². The van der Waals surface area contributed by atoms with Gasteiger partial charge in [0.25, 0.3) is 0 Å². The molecule has 0 atom stereocenters. The number of nitrogens with one attached hydrogen (secondary N) is 1. The number of nitrogens with two attached hydrogens (primary N) is 1. The second-order valence-corrected chi connectivity index (χ2v) is 7.01. The lowest BCUT2D eigenvalue weighted by molar-refractivity contribution is 0.596. The van der Waals surface area contributed by atoms with Crippen molar-refractivity contribution in [2.24, 2.45) is 0 Å². The number of piperazine rings is 1. The lowest BCUT2D eigenvalue weighted by Crippen LogP contribution is -2.47. The molecular formula is C19H25FN6. The number of benzene rings is 1. The van der Waals surface area contributed by atoms with Gasteiger partial charge in [-0.1, -0.05) is 25.0 Å². The molecule has 1 aliphatic heterocycles. The molecule has 2 aromatic rings. The first-order chi connectivity index (χ1) is 12.7. The van der Waals surface area contributed by atoms with Crippen LogP contribution in [0.3, 0.4) is 0 Å². The summed E-state index contributed by atoms with van der Waals surface area (Å²) >= 11 is 0. The highest BCUT2D eigenvalue weighted by molar-refractivity contribution is 5.75. The smallest absolute Gasteiger partial charge is 0.157 e. The summed E-state index contributed by atoms with van der Waals surface area (Å²) in [7, 11) is 0. The van der Waals surface area contributed by atoms with Crippen LogP contribution in [0.15, 0.2) is 30.6 Å². The van der Waals surface area contributed by atoms with Crippen LogP contribution in [0.5, 0.6) is 0 Å². The van der Waals surface area contributed by atoms with E-state index >= 15 is 0 Å². The molecule has 6 nitrogen and oxygen atoms in total. The Balaban J connectivity index is 1.45. The molecule has 1 aromatic heterocycles. The molecule has 1 saturated heterocycles. The van der Waals surface area contributed by atoms with Gasteiger partial charge in [0.1, 0.15) is 17.8 Å². The van der Waals surface area contributed by atoms with E-state index in [1.807, 2.05) is 12.1 Å². The minimum absolute atomic E-state index is 0.175. The minimum Gasteiger partial charge on any atom is -0.393 e. The first-order valence-electron chi connectivity index (χ1n) is 9.34. The van der Waals surface area contributed by atoms with Gasteiger partial charge in [-0.2, -0.15) is 0 Å². The maximum Gasteiger partial charge on any atom is 0.157 e. The number of hydrogen-bond donors (Lipinski definition) is 2. The molecule has 3 N–H and O–H groups in total. The fourth-order valence-corrected chi connectivity index (χ4v) is 3.88. The fourth-order valence-electron chi connectivity index (χ4n) is 3.88. The number of rotatable bonds is 4. The van der Waals surface area contributed by atoms with Crippen molar-refractivity contribution >= 4 is 23.0 Å². The van der Waals surface area contributed by atoms with Crippen molar-refractivity contribution in [3.05, 3.63) is 36.4 Å². The third kappa shape index (κ3) is 3.38. The summed E-state index contributed by atoms with van der Waals surface area (Å²) in [4.78, 5) is 13.0. The second kappa shape index (κ2) is 7.35. The Kier molecular flexibility index (Phi) is 4.77. The first kappa shape index (κ1) is 16.9. The van der Waals surface area contributed by atoms with Crippen LogP contribution in [0.1, 0.15) is 25.7 Å². The van der Waals surface area contributed by atoms with Gasteiger partial charge in [0.2, 0.25) is 0 Å². The van der Waals surface area contributed by atoms with Crippen LogP contribution in [0.4, 0.5) is 27.4 Å². The third-order valence-electron chi connectivity index (χ3n) is 5.33. The molecule has 138 valence electrons. The average molecular weight is 356 g/mol. The van der Waals surface area contributed by atoms with Gasteiger partial charge in [0, 0.05) is 32.2 Å². The van der Waals surface area contributed by atoms with E-state index in [1.165, 1.54) is 31.7 Å². The van der Waals surface area contributed by atoms with Crippen LogP contribution in [0, 0.1) is 5.82 Å². The van der Waals surface area contributed by atoms with Crippen LogP contribution in [0.2, 0.25) is 0 Å². The fraction of sp³-hybridized carbons (Fsp3) is 0.474. The van der Waals surface area contributed by atoms with Crippen molar-refractivity contribution < 1.29 is 4.39 Å². The van der Waals surface area contributed by atoms with E-state index in [1.54, 1.807) is 12.4 Å². The zero-order valence-corrected chi connectivity index (χ0v) is 14.9. The van der Waals surface area contributed by atoms with E-state index in [9.17, 15) is 4.39 Å². The highest BCUT2D eigenvalue weighted by atomic mass is 19.1. The van der Waals surface area contributed by atoms with Crippen molar-refractivity contribution in [1.82, 2.24) is 9.97 Å². The third-order valence-corrected chi connectivity index (χ3v) is 5.33. The van der Waals surface area contributed by atoms with E-state index in [2.05, 4.69) is 25.1 Å². The van der Waals surface area contributed by atoms with Gasteiger partial charge in [-0.05, 0) is 25.0 Å². The van der Waals surface area contributed by atoms with Crippen LogP contribution in [-0.2, 0) is 0 Å². The maximum atomic E-state index is 14.0. The second-order valence-electron chi connectivity index (χ2n) is 7.01. The molecule has 0 unspecified atom stereocenters. The maximum absolute atomic E-state index is 14.0. The Morgan fingerprint density at radius 3 is 2.42 bits per heavy atom. The molecule has 2 heterocycles. The van der Waals surface area contributed by atoms with Crippen LogP contribution < -0.4 is 20.9 Å². The van der Waals surface area contributed by atoms with Gasteiger partial charge in [0.05, 0.1) is 5.69 Å². The van der Waals surface area contributed by atoms with Crippen LogP contribution in [0.25, 0.3) is 0 Å². The quantitative estimate of drug-likeness (QED) is 0.878. The first-order valence-corrected chi connectivity index (χ1v) is 9.34. The van der Waals surface area contributed by atoms with Crippen molar-refractivity contribution in [3.63, 3.8) is 0 Å². The standard InChI is InChI=1S/C19H25FN6/c20-15-7-3-4-8-16(15)25-9-11-26(12-10-25)19-17(21)18(22-13-23-19)24-14-5-1-2-6-14/h3-4,7-8,13-14H,1-2,5-6,9-12,21H2,(H,22,23,24). The molecule has 0 radical (unpaired) electrons. The Bertz CT molecular complexity index is 753. The zero-order chi connectivity index (χ0) is 17.9. The van der Waals surface area contributed by atoms with Gasteiger partial charge in [-0.15, -0.1) is 0 Å². The van der Waals surface area contributed by atoms with Gasteiger partial charge in [-0.25, -0.2) is 14.4 Å². The molecule has 0 amide bonds. The molecule has 4 rings (SSSR count). The van der Waals surface area contributed by atoms with Crippen LogP contribution in [-0.4, -0.2) is 42.2 Å². The Hall–Kier alpha value is -2.57. The van der Waals surface area contributed by atoms with E-state index in [4.69, 9.17) is 5.73 Å². The number of nitrogens with zero attached hydrogens (tertiary/aromatic N) is 4. The molecule has 26 heavy (non-hydrogen) atoms. The highest BCUT2D eigenvalue weighted by Gasteiger charge is 2.24. The topological polar surface area (TPSA) is 70.3 Å². The predicted molar refractivity (Wildman–Crippen MR) is 103 cm³/mol. The van der Waals surface area contributed by atoms with Crippen molar-refractivity contribution in [2.75, 3.05) is 47.0 Å². The van der Waals surface area contributed by atoms with E-state index in [0.717, 1.165) is 37.8 Å². The molecule has 7 heteroatoms. The minimum atomic E-state index is -0.175. The van der Waals surface area contributed by atoms with Gasteiger partial charge >= 0.3 is 0 Å². The predicted octanol–water partition coefficient (Wildman–Crippen LogP) is 2.88. The lowest BCUT2D eigenvalue weighted by atomic mass is 10.2. The summed E-state index contributed by atoms with van der Waals surface area (Å²) in [6, 6.07) is 7.38. The lowest BCUT2D eigenvalue weighted by Gasteiger charge is -2.37. The largest absolute Gasteiger partial charge is 0.393 e. The number of para-hydroxylation sites is 1. The summed E-state index contributed by atoms with van der Waals surface area (Å²) in [6.45, 7) is 2.96. The average Bonchev–Trinajstić information content (AvgIpc) is 3.17. The van der Waals surface area contributed by atoms with Crippen molar-refractivity contribution in [3.8, 4) is 0 Å². The summed E-state index contributed by atoms with van der Waals surface area (Å²) in [5.41, 5.74) is 7.63. The molecule has 2 aliphatic rings. The number of aromatic nitrogens is 2. The highest BCUT2D eigenvalue weighted by Crippen LogP contribution is 2.30. The summed E-state index contributed by atoms with van der Waals surface area (Å²) in [6.07, 6.45) is 6.42. The Labute approximate surface area is 153 Å². The molecule has 1 aliphatic carbocycles. The Morgan fingerprint density at radius 1 is 1.00 bits per heavy atom. The molecular weight excluding hydrogens is 331 g/mol. The Morgan fingerprint density at radius 2 is 1.69 bits per heavy atom.